The molecule has 3 N–H and O–H groups in total. The van der Waals surface area contributed by atoms with Crippen LogP contribution in [0.3, 0.4) is 0 Å². The molecule has 126 valence electrons. The molecule has 0 saturated heterocycles. The Hall–Kier alpha value is -2.52. The average Bonchev–Trinajstić information content (AvgIpc) is 2.94. The predicted molar refractivity (Wildman–Crippen MR) is 87.0 cm³/mol. The lowest BCUT2D eigenvalue weighted by Gasteiger charge is -2.06. The second-order valence-corrected chi connectivity index (χ2v) is 7.10. The molecule has 24 heavy (non-hydrogen) atoms. The van der Waals surface area contributed by atoms with Crippen LogP contribution in [0.1, 0.15) is 11.4 Å². The summed E-state index contributed by atoms with van der Waals surface area (Å²) in [6, 6.07) is 6.57. The average molecular weight is 349 g/mol. The number of aromatic nitrogens is 3. The van der Waals surface area contributed by atoms with E-state index in [1.165, 1.54) is 22.7 Å². The van der Waals surface area contributed by atoms with Crippen molar-refractivity contribution in [3.8, 4) is 0 Å². The van der Waals surface area contributed by atoms with Gasteiger partial charge in [-0.25, -0.2) is 22.3 Å². The fourth-order valence-corrected chi connectivity index (χ4v) is 4.01. The summed E-state index contributed by atoms with van der Waals surface area (Å²) in [6.45, 7) is 1.94. The molecule has 0 spiro atoms. The number of nitrogens with zero attached hydrogens (tertiary/aromatic N) is 3. The van der Waals surface area contributed by atoms with Gasteiger partial charge in [0.1, 0.15) is 5.82 Å². The van der Waals surface area contributed by atoms with Crippen LogP contribution in [0.4, 0.5) is 10.2 Å². The molecule has 0 aliphatic rings. The third kappa shape index (κ3) is 2.51. The molecule has 0 atom stereocenters. The second kappa shape index (κ2) is 5.84. The second-order valence-electron chi connectivity index (χ2n) is 5.22. The number of anilines is 1. The van der Waals surface area contributed by atoms with Crippen molar-refractivity contribution in [3.05, 3.63) is 47.5 Å². The molecule has 0 radical (unpaired) electrons. The first kappa shape index (κ1) is 16.3. The van der Waals surface area contributed by atoms with Crippen molar-refractivity contribution in [2.45, 2.75) is 23.3 Å². The van der Waals surface area contributed by atoms with Gasteiger partial charge in [0.25, 0.3) is 0 Å². The monoisotopic (exact) mass is 349 g/mol. The number of halogens is 1. The van der Waals surface area contributed by atoms with Crippen molar-refractivity contribution >= 4 is 21.3 Å². The van der Waals surface area contributed by atoms with Gasteiger partial charge in [0.2, 0.25) is 9.84 Å². The molecular formula is C15H16FN5O2S. The summed E-state index contributed by atoms with van der Waals surface area (Å²) in [5.74, 6) is -0.491. The Kier molecular flexibility index (Phi) is 3.98. The van der Waals surface area contributed by atoms with E-state index in [1.54, 1.807) is 20.0 Å². The van der Waals surface area contributed by atoms with Crippen LogP contribution < -0.4 is 11.1 Å². The van der Waals surface area contributed by atoms with Crippen molar-refractivity contribution in [2.24, 2.45) is 5.73 Å². The van der Waals surface area contributed by atoms with Crippen molar-refractivity contribution in [2.75, 3.05) is 12.4 Å². The number of nitrogens with one attached hydrogen (secondary N) is 1. The molecule has 2 aromatic heterocycles. The molecule has 0 aliphatic heterocycles. The van der Waals surface area contributed by atoms with Crippen LogP contribution in [0.5, 0.6) is 0 Å². The van der Waals surface area contributed by atoms with Gasteiger partial charge in [-0.2, -0.15) is 0 Å². The van der Waals surface area contributed by atoms with Crippen LogP contribution >= 0.6 is 0 Å². The summed E-state index contributed by atoms with van der Waals surface area (Å²) in [4.78, 5) is 4.04. The van der Waals surface area contributed by atoms with Crippen LogP contribution in [0.2, 0.25) is 0 Å². The smallest absolute Gasteiger partial charge is 0.214 e. The molecular weight excluding hydrogens is 333 g/mol. The van der Waals surface area contributed by atoms with Crippen LogP contribution in [0.25, 0.3) is 5.65 Å². The van der Waals surface area contributed by atoms with Crippen LogP contribution in [-0.2, 0) is 16.4 Å². The zero-order chi connectivity index (χ0) is 17.5. The highest BCUT2D eigenvalue weighted by Crippen LogP contribution is 2.31. The lowest BCUT2D eigenvalue weighted by Crippen LogP contribution is -2.08. The fourth-order valence-electron chi connectivity index (χ4n) is 2.48. The van der Waals surface area contributed by atoms with E-state index in [1.807, 2.05) is 0 Å². The van der Waals surface area contributed by atoms with E-state index in [0.29, 0.717) is 11.4 Å². The number of benzene rings is 1. The first-order valence-corrected chi connectivity index (χ1v) is 8.64. The van der Waals surface area contributed by atoms with E-state index in [0.717, 1.165) is 6.07 Å². The van der Waals surface area contributed by atoms with E-state index in [4.69, 9.17) is 5.73 Å². The highest BCUT2D eigenvalue weighted by molar-refractivity contribution is 7.91. The summed E-state index contributed by atoms with van der Waals surface area (Å²) in [6.07, 6.45) is 0. The number of nitrogens with two attached hydrogens (primary N) is 1. The molecule has 2 heterocycles. The maximum atomic E-state index is 13.5. The highest BCUT2D eigenvalue weighted by Gasteiger charge is 2.29. The fraction of sp³-hybridized carbons (Fsp3) is 0.200. The van der Waals surface area contributed by atoms with Gasteiger partial charge in [0, 0.05) is 19.3 Å². The molecule has 1 aromatic carbocycles. The summed E-state index contributed by atoms with van der Waals surface area (Å²) >= 11 is 0. The molecule has 0 aliphatic carbocycles. The lowest BCUT2D eigenvalue weighted by molar-refractivity contribution is 0.591. The van der Waals surface area contributed by atoms with E-state index in [9.17, 15) is 12.8 Å². The minimum atomic E-state index is -4.02. The molecule has 3 aromatic rings. The van der Waals surface area contributed by atoms with Crippen LogP contribution in [0, 0.1) is 12.7 Å². The largest absolute Gasteiger partial charge is 0.370 e. The van der Waals surface area contributed by atoms with Gasteiger partial charge in [-0.05, 0) is 31.2 Å². The lowest BCUT2D eigenvalue weighted by atomic mass is 10.3. The van der Waals surface area contributed by atoms with Gasteiger partial charge in [-0.1, -0.05) is 6.07 Å². The first-order valence-electron chi connectivity index (χ1n) is 7.16. The molecule has 0 bridgehead atoms. The highest BCUT2D eigenvalue weighted by atomic mass is 32.2. The van der Waals surface area contributed by atoms with E-state index < -0.39 is 15.7 Å². The number of aryl methyl sites for hydroxylation is 1. The third-order valence-corrected chi connectivity index (χ3v) is 5.39. The maximum absolute atomic E-state index is 13.5. The van der Waals surface area contributed by atoms with Crippen LogP contribution in [0.15, 0.2) is 40.1 Å². The Morgan fingerprint density at radius 2 is 2.08 bits per heavy atom. The van der Waals surface area contributed by atoms with Crippen molar-refractivity contribution < 1.29 is 12.8 Å². The number of hydrogen-bond donors (Lipinski definition) is 2. The van der Waals surface area contributed by atoms with E-state index in [2.05, 4.69) is 15.4 Å². The summed E-state index contributed by atoms with van der Waals surface area (Å²) < 4.78 is 41.0. The van der Waals surface area contributed by atoms with Crippen molar-refractivity contribution in [1.29, 1.82) is 0 Å². The van der Waals surface area contributed by atoms with Gasteiger partial charge in [0.05, 0.1) is 10.6 Å². The van der Waals surface area contributed by atoms with Crippen molar-refractivity contribution in [3.63, 3.8) is 0 Å². The Morgan fingerprint density at radius 1 is 1.33 bits per heavy atom. The molecule has 7 nitrogen and oxygen atoms in total. The molecule has 0 unspecified atom stereocenters. The topological polar surface area (TPSA) is 102 Å². The zero-order valence-corrected chi connectivity index (χ0v) is 13.9. The molecule has 0 saturated carbocycles. The van der Waals surface area contributed by atoms with Gasteiger partial charge in [-0.15, -0.1) is 5.10 Å². The molecule has 0 amide bonds. The van der Waals surface area contributed by atoms with Crippen LogP contribution in [-0.4, -0.2) is 30.1 Å². The maximum Gasteiger partial charge on any atom is 0.214 e. The van der Waals surface area contributed by atoms with Gasteiger partial charge in [0.15, 0.2) is 16.4 Å². The summed E-state index contributed by atoms with van der Waals surface area (Å²) in [7, 11) is -2.46. The number of fused-ring (bicyclic) bond motifs is 1. The number of rotatable bonds is 4. The Labute approximate surface area is 138 Å². The Bertz CT molecular complexity index is 1030. The van der Waals surface area contributed by atoms with E-state index in [-0.39, 0.29) is 27.8 Å². The van der Waals surface area contributed by atoms with Gasteiger partial charge >= 0.3 is 0 Å². The zero-order valence-electron chi connectivity index (χ0n) is 13.1. The summed E-state index contributed by atoms with van der Waals surface area (Å²) in [5.41, 5.74) is 7.02. The minimum absolute atomic E-state index is 0.103. The minimum Gasteiger partial charge on any atom is -0.370 e. The van der Waals surface area contributed by atoms with Gasteiger partial charge in [-0.3, -0.25) is 0 Å². The van der Waals surface area contributed by atoms with E-state index >= 15 is 0 Å². The third-order valence-electron chi connectivity index (χ3n) is 3.60. The standard InChI is InChI=1S/C15H16FN5O2S/c1-9-6-11(8-17)19-15-13(14(18-2)20-21(9)15)24(22,23)12-5-3-4-10(16)7-12/h3-7H,8,17H2,1-2H3,(H,18,20). The Balaban J connectivity index is 2.37. The first-order chi connectivity index (χ1) is 11.4. The van der Waals surface area contributed by atoms with Gasteiger partial charge < -0.3 is 11.1 Å². The SMILES string of the molecule is CNc1nn2c(C)cc(CN)nc2c1S(=O)(=O)c1cccc(F)c1. The summed E-state index contributed by atoms with van der Waals surface area (Å²) in [5, 5.41) is 7.01. The number of sulfone groups is 1. The predicted octanol–water partition coefficient (Wildman–Crippen LogP) is 1.51. The quantitative estimate of drug-likeness (QED) is 0.740. The van der Waals surface area contributed by atoms with Crippen molar-refractivity contribution in [1.82, 2.24) is 14.6 Å². The Morgan fingerprint density at radius 3 is 2.71 bits per heavy atom. The number of hydrogen-bond acceptors (Lipinski definition) is 6. The molecule has 3 rings (SSSR count). The molecule has 9 heteroatoms. The normalized spacial score (nSPS) is 11.8. The molecule has 0 fully saturated rings.